The van der Waals surface area contributed by atoms with Crippen LogP contribution in [0.4, 0.5) is 0 Å². The van der Waals surface area contributed by atoms with Crippen LogP contribution >= 0.6 is 11.3 Å². The van der Waals surface area contributed by atoms with Crippen LogP contribution in [-0.2, 0) is 30.6 Å². The molecule has 0 spiro atoms. The van der Waals surface area contributed by atoms with E-state index in [-0.39, 0.29) is 11.8 Å². The van der Waals surface area contributed by atoms with Crippen LogP contribution in [0.1, 0.15) is 40.6 Å². The van der Waals surface area contributed by atoms with Crippen molar-refractivity contribution < 1.29 is 9.21 Å². The summed E-state index contributed by atoms with van der Waals surface area (Å²) in [5, 5.41) is 4.30. The molecule has 0 aromatic carbocycles. The number of aromatic nitrogens is 1. The number of hydrogen-bond acceptors (Lipinski definition) is 5. The Bertz CT molecular complexity index is 689. The normalized spacial score (nSPS) is 20.6. The van der Waals surface area contributed by atoms with Crippen molar-refractivity contribution >= 4 is 17.2 Å². The molecule has 0 radical (unpaired) electrons. The first-order valence-corrected chi connectivity index (χ1v) is 10.1. The maximum atomic E-state index is 12.5. The number of piperidine rings is 1. The molecule has 0 bridgehead atoms. The molecular weight excluding hydrogens is 334 g/mol. The molecule has 25 heavy (non-hydrogen) atoms. The molecule has 1 fully saturated rings. The predicted octanol–water partition coefficient (Wildman–Crippen LogP) is 2.80. The Balaban J connectivity index is 1.23. The average Bonchev–Trinajstić information content (AvgIpc) is 3.32. The minimum atomic E-state index is 0.0880. The van der Waals surface area contributed by atoms with Gasteiger partial charge in [-0.15, -0.1) is 11.3 Å². The molecule has 0 saturated carbocycles. The summed E-state index contributed by atoms with van der Waals surface area (Å²) in [7, 11) is 0. The van der Waals surface area contributed by atoms with Gasteiger partial charge in [0.2, 0.25) is 5.91 Å². The number of rotatable bonds is 6. The van der Waals surface area contributed by atoms with Gasteiger partial charge in [0.25, 0.3) is 0 Å². The van der Waals surface area contributed by atoms with Crippen molar-refractivity contribution in [3.05, 3.63) is 39.7 Å². The topological polar surface area (TPSA) is 58.4 Å². The summed E-state index contributed by atoms with van der Waals surface area (Å²) < 4.78 is 5.42. The van der Waals surface area contributed by atoms with Crippen LogP contribution in [0.5, 0.6) is 0 Å². The fraction of sp³-hybridized carbons (Fsp3) is 0.579. The molecule has 2 aromatic rings. The van der Waals surface area contributed by atoms with Gasteiger partial charge in [-0.2, -0.15) is 0 Å². The minimum Gasteiger partial charge on any atom is -0.468 e. The van der Waals surface area contributed by atoms with Gasteiger partial charge in [-0.3, -0.25) is 9.69 Å². The van der Waals surface area contributed by atoms with E-state index in [1.54, 1.807) is 6.26 Å². The molecule has 1 amide bonds. The monoisotopic (exact) mass is 359 g/mol. The first-order valence-electron chi connectivity index (χ1n) is 9.28. The van der Waals surface area contributed by atoms with Crippen LogP contribution in [0.2, 0.25) is 0 Å². The molecule has 2 aromatic heterocycles. The Kier molecular flexibility index (Phi) is 5.17. The highest BCUT2D eigenvalue weighted by molar-refractivity contribution is 7.11. The van der Waals surface area contributed by atoms with Gasteiger partial charge in [-0.05, 0) is 50.8 Å². The highest BCUT2D eigenvalue weighted by Crippen LogP contribution is 2.27. The Labute approximate surface area is 152 Å². The van der Waals surface area contributed by atoms with E-state index in [1.165, 1.54) is 28.4 Å². The number of amides is 1. The van der Waals surface area contributed by atoms with E-state index in [0.717, 1.165) is 51.1 Å². The average molecular weight is 359 g/mol. The molecule has 1 aliphatic carbocycles. The summed E-state index contributed by atoms with van der Waals surface area (Å²) in [6.45, 7) is 3.34. The summed E-state index contributed by atoms with van der Waals surface area (Å²) in [4.78, 5) is 21.0. The summed E-state index contributed by atoms with van der Waals surface area (Å²) in [6, 6.07) is 3.91. The van der Waals surface area contributed by atoms with Crippen molar-refractivity contribution in [2.45, 2.75) is 45.1 Å². The molecule has 0 unspecified atom stereocenters. The first-order chi connectivity index (χ1) is 12.3. The fourth-order valence-electron chi connectivity index (χ4n) is 3.82. The quantitative estimate of drug-likeness (QED) is 0.862. The Morgan fingerprint density at radius 2 is 2.36 bits per heavy atom. The second-order valence-corrected chi connectivity index (χ2v) is 8.19. The molecule has 1 N–H and O–H groups in total. The third-order valence-electron chi connectivity index (χ3n) is 5.11. The number of hydrogen-bond donors (Lipinski definition) is 1. The van der Waals surface area contributed by atoms with Crippen molar-refractivity contribution in [1.29, 1.82) is 0 Å². The Hall–Kier alpha value is -1.66. The summed E-state index contributed by atoms with van der Waals surface area (Å²) in [5.74, 6) is 1.25. The van der Waals surface area contributed by atoms with E-state index >= 15 is 0 Å². The van der Waals surface area contributed by atoms with E-state index < -0.39 is 0 Å². The molecule has 2 aliphatic rings. The number of nitrogens with zero attached hydrogens (tertiary/aromatic N) is 2. The van der Waals surface area contributed by atoms with Crippen molar-refractivity contribution in [3.63, 3.8) is 0 Å². The number of thiazole rings is 1. The van der Waals surface area contributed by atoms with E-state index in [0.29, 0.717) is 6.54 Å². The highest BCUT2D eigenvalue weighted by Gasteiger charge is 2.26. The standard InChI is InChI=1S/C19H25N3O2S/c23-19(20-9-8-18-21-16-6-1-7-17(16)25-18)14-4-2-10-22(12-14)13-15-5-3-11-24-15/h3,5,11,14H,1-2,4,6-10,12-13H2,(H,20,23)/t14-/m0/s1. The number of aryl methyl sites for hydroxylation is 2. The van der Waals surface area contributed by atoms with Gasteiger partial charge in [-0.25, -0.2) is 4.98 Å². The second-order valence-electron chi connectivity index (χ2n) is 7.03. The SMILES string of the molecule is O=C(NCCc1nc2c(s1)CCC2)[C@H]1CCCN(Cc2ccco2)C1. The third-order valence-corrected chi connectivity index (χ3v) is 6.33. The van der Waals surface area contributed by atoms with Crippen molar-refractivity contribution in [2.24, 2.45) is 5.92 Å². The van der Waals surface area contributed by atoms with E-state index in [4.69, 9.17) is 9.40 Å². The molecule has 1 atom stereocenters. The lowest BCUT2D eigenvalue weighted by molar-refractivity contribution is -0.126. The Morgan fingerprint density at radius 1 is 1.40 bits per heavy atom. The van der Waals surface area contributed by atoms with Gasteiger partial charge < -0.3 is 9.73 Å². The molecule has 4 rings (SSSR count). The van der Waals surface area contributed by atoms with E-state index in [2.05, 4.69) is 10.2 Å². The summed E-state index contributed by atoms with van der Waals surface area (Å²) in [6.07, 6.45) is 8.17. The molecule has 5 nitrogen and oxygen atoms in total. The minimum absolute atomic E-state index is 0.0880. The third kappa shape index (κ3) is 4.12. The smallest absolute Gasteiger partial charge is 0.224 e. The predicted molar refractivity (Wildman–Crippen MR) is 97.6 cm³/mol. The van der Waals surface area contributed by atoms with Crippen LogP contribution in [0.3, 0.4) is 0 Å². The lowest BCUT2D eigenvalue weighted by atomic mass is 9.97. The molecule has 6 heteroatoms. The zero-order chi connectivity index (χ0) is 17.1. The molecule has 134 valence electrons. The van der Waals surface area contributed by atoms with Gasteiger partial charge in [0.1, 0.15) is 5.76 Å². The fourth-order valence-corrected chi connectivity index (χ4v) is 4.98. The van der Waals surface area contributed by atoms with Crippen LogP contribution in [0.15, 0.2) is 22.8 Å². The van der Waals surface area contributed by atoms with Gasteiger partial charge in [0.05, 0.1) is 29.4 Å². The molecule has 1 saturated heterocycles. The van der Waals surface area contributed by atoms with E-state index in [1.807, 2.05) is 23.5 Å². The first kappa shape index (κ1) is 16.8. The Morgan fingerprint density at radius 3 is 3.20 bits per heavy atom. The molecule has 1 aliphatic heterocycles. The van der Waals surface area contributed by atoms with Crippen LogP contribution in [-0.4, -0.2) is 35.4 Å². The lowest BCUT2D eigenvalue weighted by Gasteiger charge is -2.31. The van der Waals surface area contributed by atoms with E-state index in [9.17, 15) is 4.79 Å². The van der Waals surface area contributed by atoms with Crippen LogP contribution < -0.4 is 5.32 Å². The number of carbonyl (C=O) groups excluding carboxylic acids is 1. The van der Waals surface area contributed by atoms with Gasteiger partial charge in [-0.1, -0.05) is 0 Å². The summed E-state index contributed by atoms with van der Waals surface area (Å²) in [5.41, 5.74) is 1.30. The van der Waals surface area contributed by atoms with Crippen molar-refractivity contribution in [2.75, 3.05) is 19.6 Å². The summed E-state index contributed by atoms with van der Waals surface area (Å²) >= 11 is 1.83. The van der Waals surface area contributed by atoms with Crippen LogP contribution in [0.25, 0.3) is 0 Å². The number of likely N-dealkylation sites (tertiary alicyclic amines) is 1. The maximum Gasteiger partial charge on any atom is 0.224 e. The number of fused-ring (bicyclic) bond motifs is 1. The number of nitrogens with one attached hydrogen (secondary N) is 1. The lowest BCUT2D eigenvalue weighted by Crippen LogP contribution is -2.43. The zero-order valence-corrected chi connectivity index (χ0v) is 15.3. The number of furan rings is 1. The maximum absolute atomic E-state index is 12.5. The molecule has 3 heterocycles. The van der Waals surface area contributed by atoms with Crippen molar-refractivity contribution in [3.8, 4) is 0 Å². The van der Waals surface area contributed by atoms with Gasteiger partial charge >= 0.3 is 0 Å². The highest BCUT2D eigenvalue weighted by atomic mass is 32.1. The second kappa shape index (κ2) is 7.70. The van der Waals surface area contributed by atoms with Gasteiger partial charge in [0.15, 0.2) is 0 Å². The van der Waals surface area contributed by atoms with Crippen LogP contribution in [0, 0.1) is 5.92 Å². The van der Waals surface area contributed by atoms with Crippen molar-refractivity contribution in [1.82, 2.24) is 15.2 Å². The number of carbonyl (C=O) groups is 1. The largest absolute Gasteiger partial charge is 0.468 e. The van der Waals surface area contributed by atoms with Gasteiger partial charge in [0, 0.05) is 24.4 Å². The zero-order valence-electron chi connectivity index (χ0n) is 14.5. The molecular formula is C19H25N3O2S.